The lowest BCUT2D eigenvalue weighted by atomic mass is 10.2. The van der Waals surface area contributed by atoms with Gasteiger partial charge < -0.3 is 14.8 Å². The number of hydrogen-bond donors (Lipinski definition) is 2. The summed E-state index contributed by atoms with van der Waals surface area (Å²) in [4.78, 5) is 23.1. The molecule has 0 unspecified atom stereocenters. The first-order valence-corrected chi connectivity index (χ1v) is 10.0. The summed E-state index contributed by atoms with van der Waals surface area (Å²) in [6, 6.07) is 11.6. The van der Waals surface area contributed by atoms with Gasteiger partial charge in [-0.25, -0.2) is 13.2 Å². The Hall–Kier alpha value is -3.07. The van der Waals surface area contributed by atoms with Crippen LogP contribution in [-0.4, -0.2) is 40.1 Å². The molecule has 28 heavy (non-hydrogen) atoms. The molecule has 9 heteroatoms. The van der Waals surface area contributed by atoms with E-state index in [1.165, 1.54) is 55.6 Å². The van der Waals surface area contributed by atoms with E-state index in [1.54, 1.807) is 13.8 Å². The molecule has 2 rings (SSSR count). The molecule has 0 aliphatic carbocycles. The first-order chi connectivity index (χ1) is 13.3. The zero-order chi connectivity index (χ0) is 20.7. The van der Waals surface area contributed by atoms with Crippen LogP contribution in [0.15, 0.2) is 53.4 Å². The van der Waals surface area contributed by atoms with Crippen LogP contribution >= 0.6 is 0 Å². The molecule has 0 spiro atoms. The summed E-state index contributed by atoms with van der Waals surface area (Å²) >= 11 is 0. The van der Waals surface area contributed by atoms with Crippen LogP contribution in [0.1, 0.15) is 24.2 Å². The topological polar surface area (TPSA) is 111 Å². The van der Waals surface area contributed by atoms with Crippen LogP contribution in [0.3, 0.4) is 0 Å². The second kappa shape index (κ2) is 9.23. The number of sulfonamides is 1. The van der Waals surface area contributed by atoms with E-state index in [4.69, 9.17) is 9.47 Å². The van der Waals surface area contributed by atoms with Crippen molar-refractivity contribution in [2.45, 2.75) is 24.8 Å². The van der Waals surface area contributed by atoms with E-state index in [9.17, 15) is 18.0 Å². The van der Waals surface area contributed by atoms with Crippen LogP contribution in [0.25, 0.3) is 0 Å². The predicted molar refractivity (Wildman–Crippen MR) is 104 cm³/mol. The minimum atomic E-state index is -3.82. The van der Waals surface area contributed by atoms with Crippen LogP contribution in [0.2, 0.25) is 0 Å². The van der Waals surface area contributed by atoms with E-state index in [-0.39, 0.29) is 17.4 Å². The molecule has 1 atom stereocenters. The zero-order valence-corrected chi connectivity index (χ0v) is 16.6. The van der Waals surface area contributed by atoms with Crippen molar-refractivity contribution in [3.05, 3.63) is 54.1 Å². The zero-order valence-electron chi connectivity index (χ0n) is 15.8. The van der Waals surface area contributed by atoms with Gasteiger partial charge in [0.2, 0.25) is 0 Å². The smallest absolute Gasteiger partial charge is 0.338 e. The number of ether oxygens (including phenoxy) is 2. The van der Waals surface area contributed by atoms with Gasteiger partial charge >= 0.3 is 5.97 Å². The van der Waals surface area contributed by atoms with Gasteiger partial charge in [-0.1, -0.05) is 0 Å². The molecule has 0 bridgehead atoms. The molecule has 0 saturated heterocycles. The van der Waals surface area contributed by atoms with Gasteiger partial charge in [0.15, 0.2) is 6.10 Å². The lowest BCUT2D eigenvalue weighted by Gasteiger charge is -2.14. The Balaban J connectivity index is 2.08. The average Bonchev–Trinajstić information content (AvgIpc) is 2.68. The van der Waals surface area contributed by atoms with Gasteiger partial charge in [-0.2, -0.15) is 0 Å². The fourth-order valence-electron chi connectivity index (χ4n) is 2.26. The van der Waals surface area contributed by atoms with Gasteiger partial charge in [-0.3, -0.25) is 9.52 Å². The first kappa shape index (κ1) is 21.2. The molecular weight excluding hydrogens is 384 g/mol. The van der Waals surface area contributed by atoms with Crippen LogP contribution in [0.5, 0.6) is 5.75 Å². The minimum absolute atomic E-state index is 0.0296. The molecule has 150 valence electrons. The van der Waals surface area contributed by atoms with Gasteiger partial charge in [0.05, 0.1) is 17.1 Å². The number of likely N-dealkylation sites (N-methyl/N-ethyl adjacent to an activating group) is 1. The van der Waals surface area contributed by atoms with Gasteiger partial charge in [-0.15, -0.1) is 0 Å². The maximum atomic E-state index is 12.5. The lowest BCUT2D eigenvalue weighted by molar-refractivity contribution is -0.126. The number of nitrogens with one attached hydrogen (secondary N) is 2. The third-order valence-corrected chi connectivity index (χ3v) is 5.11. The van der Waals surface area contributed by atoms with Crippen molar-refractivity contribution >= 4 is 27.6 Å². The third kappa shape index (κ3) is 5.46. The number of anilines is 1. The summed E-state index contributed by atoms with van der Waals surface area (Å²) in [6.07, 6.45) is -0.705. The van der Waals surface area contributed by atoms with Crippen molar-refractivity contribution in [3.63, 3.8) is 0 Å². The summed E-state index contributed by atoms with van der Waals surface area (Å²) in [5.74, 6) is -0.392. The molecule has 2 aromatic rings. The highest BCUT2D eigenvalue weighted by atomic mass is 32.2. The van der Waals surface area contributed by atoms with Crippen LogP contribution in [0, 0.1) is 0 Å². The summed E-state index contributed by atoms with van der Waals surface area (Å²) in [5, 5.41) is 2.47. The Bertz CT molecular complexity index is 924. The average molecular weight is 406 g/mol. The Morgan fingerprint density at radius 1 is 1.04 bits per heavy atom. The van der Waals surface area contributed by atoms with E-state index in [1.807, 2.05) is 0 Å². The SMILES string of the molecule is CCOC(=O)c1ccc(NS(=O)(=O)c2ccc(O[C@@H](C)C(=O)NC)cc2)cc1. The maximum Gasteiger partial charge on any atom is 0.338 e. The number of hydrogen-bond acceptors (Lipinski definition) is 6. The predicted octanol–water partition coefficient (Wildman–Crippen LogP) is 2.18. The van der Waals surface area contributed by atoms with Gasteiger partial charge in [0.25, 0.3) is 15.9 Å². The second-order valence-corrected chi connectivity index (χ2v) is 7.43. The van der Waals surface area contributed by atoms with Crippen molar-refractivity contribution in [1.82, 2.24) is 5.32 Å². The molecule has 2 N–H and O–H groups in total. The molecule has 0 aliphatic heterocycles. The Morgan fingerprint density at radius 3 is 2.18 bits per heavy atom. The van der Waals surface area contributed by atoms with E-state index >= 15 is 0 Å². The van der Waals surface area contributed by atoms with Crippen molar-refractivity contribution in [3.8, 4) is 5.75 Å². The molecule has 0 heterocycles. The summed E-state index contributed by atoms with van der Waals surface area (Å²) in [5.41, 5.74) is 0.637. The number of amides is 1. The molecule has 2 aromatic carbocycles. The van der Waals surface area contributed by atoms with Crippen molar-refractivity contribution in [2.24, 2.45) is 0 Å². The Morgan fingerprint density at radius 2 is 1.64 bits per heavy atom. The molecule has 1 amide bonds. The van der Waals surface area contributed by atoms with Gasteiger partial charge in [0.1, 0.15) is 5.75 Å². The van der Waals surface area contributed by atoms with Crippen molar-refractivity contribution in [1.29, 1.82) is 0 Å². The molecule has 0 fully saturated rings. The largest absolute Gasteiger partial charge is 0.481 e. The highest BCUT2D eigenvalue weighted by molar-refractivity contribution is 7.92. The number of rotatable bonds is 8. The normalized spacial score (nSPS) is 12.0. The number of carbonyl (C=O) groups excluding carboxylic acids is 2. The van der Waals surface area contributed by atoms with E-state index in [2.05, 4.69) is 10.0 Å². The fourth-order valence-corrected chi connectivity index (χ4v) is 3.32. The van der Waals surface area contributed by atoms with Crippen LogP contribution < -0.4 is 14.8 Å². The number of benzene rings is 2. The molecule has 0 aliphatic rings. The standard InChI is InChI=1S/C19H22N2O6S/c1-4-26-19(23)14-5-7-15(8-6-14)21-28(24,25)17-11-9-16(10-12-17)27-13(2)18(22)20-3/h5-13,21H,4H2,1-3H3,(H,20,22)/t13-/m0/s1. The molecule has 8 nitrogen and oxygen atoms in total. The molecule has 0 radical (unpaired) electrons. The van der Waals surface area contributed by atoms with Gasteiger partial charge in [-0.05, 0) is 62.4 Å². The number of esters is 1. The fraction of sp³-hybridized carbons (Fsp3) is 0.263. The summed E-state index contributed by atoms with van der Waals surface area (Å²) in [6.45, 7) is 3.55. The highest BCUT2D eigenvalue weighted by Crippen LogP contribution is 2.20. The van der Waals surface area contributed by atoms with Crippen molar-refractivity contribution in [2.75, 3.05) is 18.4 Å². The maximum absolute atomic E-state index is 12.5. The lowest BCUT2D eigenvalue weighted by Crippen LogP contribution is -2.33. The minimum Gasteiger partial charge on any atom is -0.481 e. The Labute approximate surface area is 163 Å². The van der Waals surface area contributed by atoms with Crippen LogP contribution in [-0.2, 0) is 19.6 Å². The summed E-state index contributed by atoms with van der Waals surface area (Å²) < 4.78 is 37.8. The van der Waals surface area contributed by atoms with E-state index in [0.717, 1.165) is 0 Å². The monoisotopic (exact) mass is 406 g/mol. The third-order valence-electron chi connectivity index (χ3n) is 3.71. The van der Waals surface area contributed by atoms with Crippen LogP contribution in [0.4, 0.5) is 5.69 Å². The van der Waals surface area contributed by atoms with E-state index < -0.39 is 22.1 Å². The van der Waals surface area contributed by atoms with Crippen molar-refractivity contribution < 1.29 is 27.5 Å². The summed E-state index contributed by atoms with van der Waals surface area (Å²) in [7, 11) is -2.32. The van der Waals surface area contributed by atoms with E-state index in [0.29, 0.717) is 17.0 Å². The molecule has 0 saturated carbocycles. The molecule has 0 aromatic heterocycles. The number of carbonyl (C=O) groups is 2. The van der Waals surface area contributed by atoms with Gasteiger partial charge in [0, 0.05) is 12.7 Å². The first-order valence-electron chi connectivity index (χ1n) is 8.55. The molecular formula is C19H22N2O6S. The quantitative estimate of drug-likeness (QED) is 0.650. The second-order valence-electron chi connectivity index (χ2n) is 5.75. The highest BCUT2D eigenvalue weighted by Gasteiger charge is 2.16. The Kier molecular flexibility index (Phi) is 7.00.